The Balaban J connectivity index is 1.76. The van der Waals surface area contributed by atoms with Crippen molar-refractivity contribution in [3.05, 3.63) is 11.6 Å². The van der Waals surface area contributed by atoms with Crippen LogP contribution in [0.4, 0.5) is 0 Å². The molecule has 4 rings (SSSR count). The highest BCUT2D eigenvalue weighted by molar-refractivity contribution is 5.29. The molecule has 4 aliphatic carbocycles. The van der Waals surface area contributed by atoms with E-state index in [2.05, 4.69) is 26.8 Å². The molecule has 4 unspecified atom stereocenters. The lowest BCUT2D eigenvalue weighted by molar-refractivity contribution is -0.117. The lowest BCUT2D eigenvalue weighted by Crippen LogP contribution is -2.57. The summed E-state index contributed by atoms with van der Waals surface area (Å²) in [6.07, 6.45) is 6.92. The molecule has 130 valence electrons. The van der Waals surface area contributed by atoms with Crippen molar-refractivity contribution < 1.29 is 15.3 Å². The third kappa shape index (κ3) is 1.99. The molecule has 3 N–H and O–H groups in total. The van der Waals surface area contributed by atoms with Crippen LogP contribution in [0, 0.1) is 34.5 Å². The van der Waals surface area contributed by atoms with Crippen LogP contribution in [0.1, 0.15) is 59.3 Å². The van der Waals surface area contributed by atoms with Crippen LogP contribution in [0.25, 0.3) is 0 Å². The number of rotatable bonds is 0. The van der Waals surface area contributed by atoms with E-state index >= 15 is 0 Å². The summed E-state index contributed by atoms with van der Waals surface area (Å²) in [5.41, 5.74) is 1.39. The van der Waals surface area contributed by atoms with E-state index in [0.29, 0.717) is 17.8 Å². The van der Waals surface area contributed by atoms with Gasteiger partial charge in [-0.3, -0.25) is 0 Å². The van der Waals surface area contributed by atoms with Gasteiger partial charge >= 0.3 is 0 Å². The third-order valence-electron chi connectivity index (χ3n) is 8.62. The zero-order valence-corrected chi connectivity index (χ0v) is 14.7. The highest BCUT2D eigenvalue weighted by atomic mass is 16.3. The van der Waals surface area contributed by atoms with E-state index in [9.17, 15) is 15.3 Å². The maximum Gasteiger partial charge on any atom is 0.0757 e. The third-order valence-corrected chi connectivity index (χ3v) is 8.62. The molecule has 0 amide bonds. The Hall–Kier alpha value is -0.380. The maximum atomic E-state index is 10.9. The predicted molar refractivity (Wildman–Crippen MR) is 89.7 cm³/mol. The molecular weight excluding hydrogens is 288 g/mol. The molecule has 3 saturated carbocycles. The molecule has 3 fully saturated rings. The normalized spacial score (nSPS) is 58.9. The Labute approximate surface area is 139 Å². The SMILES string of the molecule is CC1CC(O)CC2=CC(O)[C@@H]3[C@@H](CC[C@]4(C)C(O)CC[C@@H]34)[C@]21C. The van der Waals surface area contributed by atoms with Crippen molar-refractivity contribution in [2.45, 2.75) is 77.6 Å². The second-order valence-electron chi connectivity index (χ2n) is 9.39. The molecule has 0 aromatic rings. The van der Waals surface area contributed by atoms with E-state index in [1.165, 1.54) is 5.57 Å². The monoisotopic (exact) mass is 320 g/mol. The Morgan fingerprint density at radius 3 is 2.52 bits per heavy atom. The van der Waals surface area contributed by atoms with Crippen LogP contribution in [0.3, 0.4) is 0 Å². The largest absolute Gasteiger partial charge is 0.393 e. The Morgan fingerprint density at radius 1 is 1.04 bits per heavy atom. The molecule has 0 aromatic heterocycles. The van der Waals surface area contributed by atoms with Gasteiger partial charge in [-0.2, -0.15) is 0 Å². The van der Waals surface area contributed by atoms with Crippen LogP contribution in [0.15, 0.2) is 11.6 Å². The van der Waals surface area contributed by atoms with Crippen molar-refractivity contribution in [2.24, 2.45) is 34.5 Å². The molecule has 0 heterocycles. The molecule has 0 radical (unpaired) electrons. The summed E-state index contributed by atoms with van der Waals surface area (Å²) in [7, 11) is 0. The van der Waals surface area contributed by atoms with Gasteiger partial charge in [-0.1, -0.05) is 32.4 Å². The fraction of sp³-hybridized carbons (Fsp3) is 0.900. The molecule has 0 aliphatic heterocycles. The number of fused-ring (bicyclic) bond motifs is 5. The Bertz CT molecular complexity index is 529. The topological polar surface area (TPSA) is 60.7 Å². The standard InChI is InChI=1S/C20H32O3/c1-11-8-13(21)9-12-10-16(22)18-14-4-5-17(23)19(14,2)7-6-15(18)20(11,12)3/h10-11,13-18,21-23H,4-9H2,1-3H3/t11?,13?,14-,15+,16?,17?,18-,19-,20-/m0/s1. The zero-order chi connectivity index (χ0) is 16.6. The number of aliphatic hydroxyl groups is 3. The molecule has 9 atom stereocenters. The van der Waals surface area contributed by atoms with Gasteiger partial charge in [-0.15, -0.1) is 0 Å². The molecule has 0 spiro atoms. The van der Waals surface area contributed by atoms with E-state index in [1.54, 1.807) is 0 Å². The van der Waals surface area contributed by atoms with Crippen molar-refractivity contribution in [1.29, 1.82) is 0 Å². The maximum absolute atomic E-state index is 10.9. The number of hydrogen-bond acceptors (Lipinski definition) is 3. The molecule has 0 aromatic carbocycles. The van der Waals surface area contributed by atoms with Gasteiger partial charge in [0.2, 0.25) is 0 Å². The van der Waals surface area contributed by atoms with E-state index in [4.69, 9.17) is 0 Å². The summed E-state index contributed by atoms with van der Waals surface area (Å²) in [6, 6.07) is 0. The average molecular weight is 320 g/mol. The van der Waals surface area contributed by atoms with Crippen molar-refractivity contribution >= 4 is 0 Å². The van der Waals surface area contributed by atoms with Crippen LogP contribution in [0.2, 0.25) is 0 Å². The van der Waals surface area contributed by atoms with E-state index in [1.807, 2.05) is 0 Å². The first-order valence-electron chi connectivity index (χ1n) is 9.54. The van der Waals surface area contributed by atoms with Crippen molar-refractivity contribution in [3.8, 4) is 0 Å². The van der Waals surface area contributed by atoms with Crippen LogP contribution in [-0.4, -0.2) is 33.6 Å². The fourth-order valence-corrected chi connectivity index (χ4v) is 7.04. The van der Waals surface area contributed by atoms with Gasteiger partial charge in [0, 0.05) is 0 Å². The first-order valence-corrected chi connectivity index (χ1v) is 9.54. The summed E-state index contributed by atoms with van der Waals surface area (Å²) in [5.74, 6) is 1.65. The molecule has 0 bridgehead atoms. The second-order valence-corrected chi connectivity index (χ2v) is 9.39. The minimum Gasteiger partial charge on any atom is -0.393 e. The van der Waals surface area contributed by atoms with Gasteiger partial charge in [-0.25, -0.2) is 0 Å². The highest BCUT2D eigenvalue weighted by Gasteiger charge is 2.61. The van der Waals surface area contributed by atoms with E-state index in [0.717, 1.165) is 38.5 Å². The highest BCUT2D eigenvalue weighted by Crippen LogP contribution is 2.65. The summed E-state index contributed by atoms with van der Waals surface area (Å²) < 4.78 is 0. The van der Waals surface area contributed by atoms with Gasteiger partial charge in [0.25, 0.3) is 0 Å². The lowest BCUT2D eigenvalue weighted by atomic mass is 9.45. The average Bonchev–Trinajstić information content (AvgIpc) is 2.78. The van der Waals surface area contributed by atoms with Gasteiger partial charge < -0.3 is 15.3 Å². The van der Waals surface area contributed by atoms with Crippen LogP contribution in [0.5, 0.6) is 0 Å². The van der Waals surface area contributed by atoms with Gasteiger partial charge in [0.15, 0.2) is 0 Å². The van der Waals surface area contributed by atoms with Crippen LogP contribution >= 0.6 is 0 Å². The number of hydrogen-bond donors (Lipinski definition) is 3. The van der Waals surface area contributed by atoms with Crippen molar-refractivity contribution in [1.82, 2.24) is 0 Å². The van der Waals surface area contributed by atoms with Crippen molar-refractivity contribution in [3.63, 3.8) is 0 Å². The first-order chi connectivity index (χ1) is 10.8. The smallest absolute Gasteiger partial charge is 0.0757 e. The van der Waals surface area contributed by atoms with Gasteiger partial charge in [0.1, 0.15) is 0 Å². The minimum absolute atomic E-state index is 0.0126. The molecular formula is C20H32O3. The van der Waals surface area contributed by atoms with Gasteiger partial charge in [-0.05, 0) is 73.0 Å². The second kappa shape index (κ2) is 5.06. The first kappa shape index (κ1) is 16.1. The lowest BCUT2D eigenvalue weighted by Gasteiger charge is -2.60. The van der Waals surface area contributed by atoms with Crippen LogP contribution in [-0.2, 0) is 0 Å². The Kier molecular flexibility index (Phi) is 3.54. The summed E-state index contributed by atoms with van der Waals surface area (Å²) in [6.45, 7) is 6.91. The zero-order valence-electron chi connectivity index (χ0n) is 14.7. The Morgan fingerprint density at radius 2 is 1.78 bits per heavy atom. The summed E-state index contributed by atoms with van der Waals surface area (Å²) >= 11 is 0. The van der Waals surface area contributed by atoms with Crippen LogP contribution < -0.4 is 0 Å². The van der Waals surface area contributed by atoms with Crippen molar-refractivity contribution in [2.75, 3.05) is 0 Å². The molecule has 4 aliphatic rings. The van der Waals surface area contributed by atoms with Gasteiger partial charge in [0.05, 0.1) is 18.3 Å². The van der Waals surface area contributed by atoms with E-state index < -0.39 is 6.10 Å². The molecule has 3 nitrogen and oxygen atoms in total. The minimum atomic E-state index is -0.407. The summed E-state index contributed by atoms with van der Waals surface area (Å²) in [4.78, 5) is 0. The molecule has 0 saturated heterocycles. The predicted octanol–water partition coefficient (Wildman–Crippen LogP) is 2.89. The fourth-order valence-electron chi connectivity index (χ4n) is 7.04. The molecule has 3 heteroatoms. The molecule has 23 heavy (non-hydrogen) atoms. The number of aliphatic hydroxyl groups excluding tert-OH is 3. The quantitative estimate of drug-likeness (QED) is 0.602. The summed E-state index contributed by atoms with van der Waals surface area (Å²) in [5, 5.41) is 31.6. The van der Waals surface area contributed by atoms with E-state index in [-0.39, 0.29) is 29.0 Å².